The fourth-order valence-electron chi connectivity index (χ4n) is 1.83. The van der Waals surface area contributed by atoms with E-state index in [9.17, 15) is 26.3 Å². The van der Waals surface area contributed by atoms with Crippen molar-refractivity contribution in [1.82, 2.24) is 0 Å². The molecule has 0 spiro atoms. The quantitative estimate of drug-likeness (QED) is 0.556. The average molecular weight is 234 g/mol. The molecule has 1 aliphatic rings. The molecule has 0 bridgehead atoms. The second-order valence-electron chi connectivity index (χ2n) is 5.02. The molecule has 0 amide bonds. The number of alkyl halides is 6. The van der Waals surface area contributed by atoms with Crippen molar-refractivity contribution in [3.8, 4) is 0 Å². The van der Waals surface area contributed by atoms with Gasteiger partial charge in [0.1, 0.15) is 0 Å². The maximum absolute atomic E-state index is 13.1. The Kier molecular flexibility index (Phi) is 2.38. The molecule has 6 heteroatoms. The summed E-state index contributed by atoms with van der Waals surface area (Å²) in [6.45, 7) is 3.76. The van der Waals surface area contributed by atoms with Crippen molar-refractivity contribution in [2.75, 3.05) is 0 Å². The average Bonchev–Trinajstić information content (AvgIpc) is 2.07. The normalized spacial score (nSPS) is 33.0. The molecule has 1 aliphatic carbocycles. The molecular formula is C9H12F6. The first kappa shape index (κ1) is 12.6. The van der Waals surface area contributed by atoms with E-state index in [1.807, 2.05) is 0 Å². The topological polar surface area (TPSA) is 0 Å². The second kappa shape index (κ2) is 2.83. The van der Waals surface area contributed by atoms with Gasteiger partial charge in [-0.25, -0.2) is 0 Å². The van der Waals surface area contributed by atoms with Crippen LogP contribution >= 0.6 is 0 Å². The molecule has 90 valence electrons. The summed E-state index contributed by atoms with van der Waals surface area (Å²) in [5.41, 5.74) is -1.28. The summed E-state index contributed by atoms with van der Waals surface area (Å²) in [7, 11) is 0. The third kappa shape index (κ3) is 1.52. The van der Waals surface area contributed by atoms with Gasteiger partial charge in [0.2, 0.25) is 0 Å². The molecule has 1 saturated carbocycles. The maximum Gasteiger partial charge on any atom is 0.372 e. The highest BCUT2D eigenvalue weighted by atomic mass is 19.3. The van der Waals surface area contributed by atoms with Crippen molar-refractivity contribution in [2.24, 2.45) is 11.3 Å². The SMILES string of the molecule is CC(C)(C)C1CC(F)(F)C(F)(F)C1(F)F. The van der Waals surface area contributed by atoms with Gasteiger partial charge < -0.3 is 0 Å². The van der Waals surface area contributed by atoms with E-state index in [4.69, 9.17) is 0 Å². The van der Waals surface area contributed by atoms with Crippen molar-refractivity contribution in [3.05, 3.63) is 0 Å². The Balaban J connectivity index is 3.20. The van der Waals surface area contributed by atoms with Crippen molar-refractivity contribution in [3.63, 3.8) is 0 Å². The molecule has 0 heterocycles. The summed E-state index contributed by atoms with van der Waals surface area (Å²) in [4.78, 5) is 0. The van der Waals surface area contributed by atoms with Gasteiger partial charge in [-0.1, -0.05) is 20.8 Å². The van der Waals surface area contributed by atoms with E-state index in [2.05, 4.69) is 0 Å². The fourth-order valence-corrected chi connectivity index (χ4v) is 1.83. The van der Waals surface area contributed by atoms with Crippen LogP contribution in [0.2, 0.25) is 0 Å². The smallest absolute Gasteiger partial charge is 0.200 e. The predicted octanol–water partition coefficient (Wildman–Crippen LogP) is 3.96. The van der Waals surface area contributed by atoms with E-state index >= 15 is 0 Å². The van der Waals surface area contributed by atoms with E-state index in [0.717, 1.165) is 0 Å². The first-order valence-electron chi connectivity index (χ1n) is 4.47. The third-order valence-corrected chi connectivity index (χ3v) is 2.82. The minimum Gasteiger partial charge on any atom is -0.200 e. The molecule has 15 heavy (non-hydrogen) atoms. The van der Waals surface area contributed by atoms with Crippen LogP contribution in [0.4, 0.5) is 26.3 Å². The lowest BCUT2D eigenvalue weighted by atomic mass is 9.78. The molecule has 0 aromatic heterocycles. The van der Waals surface area contributed by atoms with Crippen molar-refractivity contribution in [1.29, 1.82) is 0 Å². The van der Waals surface area contributed by atoms with Gasteiger partial charge in [0.25, 0.3) is 0 Å². The largest absolute Gasteiger partial charge is 0.372 e. The van der Waals surface area contributed by atoms with E-state index in [1.54, 1.807) is 0 Å². The molecule has 0 radical (unpaired) electrons. The highest BCUT2D eigenvalue weighted by Crippen LogP contribution is 2.63. The van der Waals surface area contributed by atoms with E-state index in [-0.39, 0.29) is 0 Å². The number of hydrogen-bond donors (Lipinski definition) is 0. The Morgan fingerprint density at radius 1 is 0.933 bits per heavy atom. The van der Waals surface area contributed by atoms with Crippen molar-refractivity contribution >= 4 is 0 Å². The lowest BCUT2D eigenvalue weighted by Gasteiger charge is -2.32. The molecule has 0 aliphatic heterocycles. The van der Waals surface area contributed by atoms with Crippen LogP contribution in [0.5, 0.6) is 0 Å². The van der Waals surface area contributed by atoms with Crippen LogP contribution < -0.4 is 0 Å². The zero-order valence-corrected chi connectivity index (χ0v) is 8.55. The van der Waals surface area contributed by atoms with Gasteiger partial charge >= 0.3 is 17.8 Å². The van der Waals surface area contributed by atoms with Crippen LogP contribution in [0.3, 0.4) is 0 Å². The summed E-state index contributed by atoms with van der Waals surface area (Å²) in [5.74, 6) is -16.6. The lowest BCUT2D eigenvalue weighted by Crippen LogP contribution is -2.49. The summed E-state index contributed by atoms with van der Waals surface area (Å²) in [5, 5.41) is 0. The van der Waals surface area contributed by atoms with E-state index < -0.39 is 35.5 Å². The summed E-state index contributed by atoms with van der Waals surface area (Å²) in [6.07, 6.45) is -1.48. The van der Waals surface area contributed by atoms with Gasteiger partial charge in [0, 0.05) is 12.3 Å². The predicted molar refractivity (Wildman–Crippen MR) is 42.4 cm³/mol. The Morgan fingerprint density at radius 3 is 1.47 bits per heavy atom. The van der Waals surface area contributed by atoms with Gasteiger partial charge in [-0.2, -0.15) is 26.3 Å². The first-order chi connectivity index (χ1) is 6.34. The van der Waals surface area contributed by atoms with Gasteiger partial charge in [0.05, 0.1) is 0 Å². The van der Waals surface area contributed by atoms with Crippen LogP contribution in [0.25, 0.3) is 0 Å². The fraction of sp³-hybridized carbons (Fsp3) is 1.00. The van der Waals surface area contributed by atoms with Gasteiger partial charge in [-0.3, -0.25) is 0 Å². The highest BCUT2D eigenvalue weighted by Gasteiger charge is 2.81. The molecule has 1 rings (SSSR count). The summed E-state index contributed by atoms with van der Waals surface area (Å²) in [6, 6.07) is 0. The molecule has 0 aromatic rings. The standard InChI is InChI=1S/C9H12F6/c1-6(2,3)5-4-7(10,11)9(14,15)8(5,12)13/h5H,4H2,1-3H3. The Labute approximate surface area is 83.6 Å². The molecule has 0 aromatic carbocycles. The summed E-state index contributed by atoms with van der Waals surface area (Å²) < 4.78 is 77.4. The third-order valence-electron chi connectivity index (χ3n) is 2.82. The highest BCUT2D eigenvalue weighted by molar-refractivity contribution is 5.10. The zero-order valence-electron chi connectivity index (χ0n) is 8.55. The number of rotatable bonds is 0. The summed E-state index contributed by atoms with van der Waals surface area (Å²) >= 11 is 0. The van der Waals surface area contributed by atoms with Gasteiger partial charge in [0.15, 0.2) is 0 Å². The molecular weight excluding hydrogens is 222 g/mol. The van der Waals surface area contributed by atoms with Crippen LogP contribution in [-0.2, 0) is 0 Å². The van der Waals surface area contributed by atoms with Gasteiger partial charge in [-0.15, -0.1) is 0 Å². The minimum atomic E-state index is -5.25. The molecule has 0 N–H and O–H groups in total. The zero-order chi connectivity index (χ0) is 12.3. The van der Waals surface area contributed by atoms with Crippen molar-refractivity contribution < 1.29 is 26.3 Å². The Hall–Kier alpha value is -0.420. The molecule has 0 saturated heterocycles. The van der Waals surface area contributed by atoms with Crippen molar-refractivity contribution in [2.45, 2.75) is 45.0 Å². The van der Waals surface area contributed by atoms with Crippen LogP contribution in [0.1, 0.15) is 27.2 Å². The van der Waals surface area contributed by atoms with Gasteiger partial charge in [-0.05, 0) is 5.41 Å². The lowest BCUT2D eigenvalue weighted by molar-refractivity contribution is -0.280. The maximum atomic E-state index is 13.1. The Bertz CT molecular complexity index is 262. The van der Waals surface area contributed by atoms with E-state index in [0.29, 0.717) is 0 Å². The number of hydrogen-bond acceptors (Lipinski definition) is 0. The second-order valence-corrected chi connectivity index (χ2v) is 5.02. The van der Waals surface area contributed by atoms with E-state index in [1.165, 1.54) is 20.8 Å². The minimum absolute atomic E-state index is 1.25. The molecule has 0 nitrogen and oxygen atoms in total. The number of halogens is 6. The Morgan fingerprint density at radius 2 is 1.33 bits per heavy atom. The monoisotopic (exact) mass is 234 g/mol. The van der Waals surface area contributed by atoms with Crippen LogP contribution in [-0.4, -0.2) is 17.8 Å². The van der Waals surface area contributed by atoms with Crippen LogP contribution in [0.15, 0.2) is 0 Å². The molecule has 1 unspecified atom stereocenters. The molecule has 1 atom stereocenters. The first-order valence-corrected chi connectivity index (χ1v) is 4.47. The van der Waals surface area contributed by atoms with Crippen LogP contribution in [0, 0.1) is 11.3 Å². The molecule has 1 fully saturated rings.